The van der Waals surface area contributed by atoms with E-state index in [0.29, 0.717) is 6.42 Å². The molecule has 0 bridgehead atoms. The van der Waals surface area contributed by atoms with Gasteiger partial charge in [0.25, 0.3) is 0 Å². The molecule has 0 saturated carbocycles. The smallest absolute Gasteiger partial charge is 0.240 e. The number of hydrazine groups is 1. The highest BCUT2D eigenvalue weighted by molar-refractivity contribution is 5.81. The second-order valence-electron chi connectivity index (χ2n) is 3.86. The third-order valence-corrected chi connectivity index (χ3v) is 2.41. The number of carbonyl (C=O) groups is 1. The molecule has 0 fully saturated rings. The number of nitrogens with one attached hydrogen (secondary N) is 1. The fourth-order valence-electron chi connectivity index (χ4n) is 1.59. The average molecular weight is 218 g/mol. The third-order valence-electron chi connectivity index (χ3n) is 2.41. The zero-order chi connectivity index (χ0) is 11.7. The molecule has 0 saturated heterocycles. The second kappa shape index (κ2) is 3.94. The minimum atomic E-state index is -0.115. The van der Waals surface area contributed by atoms with E-state index in [-0.39, 0.29) is 5.91 Å². The zero-order valence-corrected chi connectivity index (χ0v) is 9.32. The van der Waals surface area contributed by atoms with Crippen LogP contribution in [0.4, 0.5) is 0 Å². The highest BCUT2D eigenvalue weighted by Gasteiger charge is 2.07. The first-order valence-corrected chi connectivity index (χ1v) is 5.03. The number of rotatable bonds is 2. The van der Waals surface area contributed by atoms with Crippen molar-refractivity contribution in [1.29, 1.82) is 0 Å². The molecule has 2 rings (SSSR count). The zero-order valence-electron chi connectivity index (χ0n) is 9.32. The number of aromatic amines is 1. The molecule has 0 aliphatic rings. The van der Waals surface area contributed by atoms with Gasteiger partial charge in [0.15, 0.2) is 0 Å². The molecule has 5 heteroatoms. The van der Waals surface area contributed by atoms with Crippen LogP contribution in [0.3, 0.4) is 0 Å². The number of nitrogens with zero attached hydrogens (tertiary/aromatic N) is 2. The van der Waals surface area contributed by atoms with Crippen molar-refractivity contribution in [3.8, 4) is 0 Å². The normalized spacial score (nSPS) is 10.7. The number of H-pyrrole nitrogens is 1. The molecule has 0 aliphatic carbocycles. The number of hydrogen-bond acceptors (Lipinski definition) is 3. The number of likely N-dealkylation sites (N-methyl/N-ethyl adjacent to an activating group) is 1. The van der Waals surface area contributed by atoms with Crippen LogP contribution in [0, 0.1) is 6.92 Å². The van der Waals surface area contributed by atoms with Gasteiger partial charge in [-0.1, -0.05) is 6.07 Å². The summed E-state index contributed by atoms with van der Waals surface area (Å²) in [6.45, 7) is 1.90. The number of carbonyl (C=O) groups excluding carboxylic acids is 1. The van der Waals surface area contributed by atoms with Gasteiger partial charge < -0.3 is 4.98 Å². The van der Waals surface area contributed by atoms with Gasteiger partial charge in [0, 0.05) is 7.05 Å². The van der Waals surface area contributed by atoms with E-state index in [9.17, 15) is 4.79 Å². The van der Waals surface area contributed by atoms with Gasteiger partial charge in [-0.05, 0) is 24.6 Å². The van der Waals surface area contributed by atoms with Crippen LogP contribution in [0.1, 0.15) is 11.4 Å². The van der Waals surface area contributed by atoms with Crippen LogP contribution >= 0.6 is 0 Å². The molecule has 3 N–H and O–H groups in total. The maximum Gasteiger partial charge on any atom is 0.240 e. The summed E-state index contributed by atoms with van der Waals surface area (Å²) in [5, 5.41) is 1.10. The van der Waals surface area contributed by atoms with Crippen LogP contribution in [0.2, 0.25) is 0 Å². The van der Waals surface area contributed by atoms with Gasteiger partial charge in [0.1, 0.15) is 5.82 Å². The lowest BCUT2D eigenvalue weighted by atomic mass is 10.1. The van der Waals surface area contributed by atoms with E-state index in [1.54, 1.807) is 7.05 Å². The van der Waals surface area contributed by atoms with E-state index < -0.39 is 0 Å². The van der Waals surface area contributed by atoms with Crippen molar-refractivity contribution in [3.63, 3.8) is 0 Å². The van der Waals surface area contributed by atoms with Crippen molar-refractivity contribution in [2.24, 2.45) is 5.84 Å². The first-order chi connectivity index (χ1) is 7.56. The molecule has 84 valence electrons. The van der Waals surface area contributed by atoms with Crippen molar-refractivity contribution in [2.75, 3.05) is 7.05 Å². The van der Waals surface area contributed by atoms with Gasteiger partial charge in [-0.3, -0.25) is 9.80 Å². The minimum Gasteiger partial charge on any atom is -0.342 e. The maximum atomic E-state index is 11.4. The predicted molar refractivity (Wildman–Crippen MR) is 61.5 cm³/mol. The predicted octanol–water partition coefficient (Wildman–Crippen LogP) is 0.746. The Bertz CT molecular complexity index is 530. The highest BCUT2D eigenvalue weighted by atomic mass is 16.2. The summed E-state index contributed by atoms with van der Waals surface area (Å²) in [5.41, 5.74) is 2.79. The number of benzene rings is 1. The quantitative estimate of drug-likeness (QED) is 0.443. The summed E-state index contributed by atoms with van der Waals surface area (Å²) in [7, 11) is 1.54. The largest absolute Gasteiger partial charge is 0.342 e. The molecular weight excluding hydrogens is 204 g/mol. The molecule has 2 aromatic rings. The van der Waals surface area contributed by atoms with Gasteiger partial charge in [-0.2, -0.15) is 0 Å². The SMILES string of the molecule is Cc1nc2ccc(CC(=O)N(C)N)cc2[nH]1. The summed E-state index contributed by atoms with van der Waals surface area (Å²) in [6.07, 6.45) is 0.307. The number of hydrogen-bond donors (Lipinski definition) is 2. The molecule has 16 heavy (non-hydrogen) atoms. The molecule has 0 atom stereocenters. The van der Waals surface area contributed by atoms with Crippen molar-refractivity contribution < 1.29 is 4.79 Å². The van der Waals surface area contributed by atoms with Crippen molar-refractivity contribution >= 4 is 16.9 Å². The Morgan fingerprint density at radius 3 is 3.00 bits per heavy atom. The summed E-state index contributed by atoms with van der Waals surface area (Å²) in [4.78, 5) is 18.9. The molecule has 0 aliphatic heterocycles. The lowest BCUT2D eigenvalue weighted by Gasteiger charge is -2.09. The fourth-order valence-corrected chi connectivity index (χ4v) is 1.59. The van der Waals surface area contributed by atoms with E-state index in [0.717, 1.165) is 27.4 Å². The second-order valence-corrected chi connectivity index (χ2v) is 3.86. The molecule has 0 unspecified atom stereocenters. The van der Waals surface area contributed by atoms with Crippen LogP contribution < -0.4 is 5.84 Å². The molecule has 1 amide bonds. The van der Waals surface area contributed by atoms with E-state index in [1.807, 2.05) is 25.1 Å². The molecule has 1 heterocycles. The van der Waals surface area contributed by atoms with Gasteiger partial charge in [-0.15, -0.1) is 0 Å². The molecule has 0 spiro atoms. The number of aryl methyl sites for hydroxylation is 1. The number of fused-ring (bicyclic) bond motifs is 1. The third kappa shape index (κ3) is 2.04. The monoisotopic (exact) mass is 218 g/mol. The fraction of sp³-hybridized carbons (Fsp3) is 0.273. The number of nitrogens with two attached hydrogens (primary N) is 1. The van der Waals surface area contributed by atoms with Crippen LogP contribution in [0.5, 0.6) is 0 Å². The van der Waals surface area contributed by atoms with Crippen molar-refractivity contribution in [2.45, 2.75) is 13.3 Å². The van der Waals surface area contributed by atoms with Gasteiger partial charge in [-0.25, -0.2) is 10.8 Å². The van der Waals surface area contributed by atoms with Crippen molar-refractivity contribution in [1.82, 2.24) is 15.0 Å². The van der Waals surface area contributed by atoms with Gasteiger partial charge >= 0.3 is 0 Å². The number of imidazole rings is 1. The van der Waals surface area contributed by atoms with Crippen LogP contribution in [0.15, 0.2) is 18.2 Å². The van der Waals surface area contributed by atoms with Crippen LogP contribution in [0.25, 0.3) is 11.0 Å². The summed E-state index contributed by atoms with van der Waals surface area (Å²) >= 11 is 0. The Morgan fingerprint density at radius 2 is 2.31 bits per heavy atom. The van der Waals surface area contributed by atoms with E-state index in [2.05, 4.69) is 9.97 Å². The number of amides is 1. The lowest BCUT2D eigenvalue weighted by Crippen LogP contribution is -2.34. The molecule has 5 nitrogen and oxygen atoms in total. The number of aromatic nitrogens is 2. The molecule has 1 aromatic heterocycles. The Balaban J connectivity index is 2.29. The Kier molecular flexibility index (Phi) is 2.62. The maximum absolute atomic E-state index is 11.4. The topological polar surface area (TPSA) is 75.0 Å². The molecule has 1 aromatic carbocycles. The van der Waals surface area contributed by atoms with Gasteiger partial charge in [0.05, 0.1) is 17.5 Å². The van der Waals surface area contributed by atoms with Gasteiger partial charge in [0.2, 0.25) is 5.91 Å². The summed E-state index contributed by atoms with van der Waals surface area (Å²) in [5.74, 6) is 6.12. The van der Waals surface area contributed by atoms with E-state index in [1.165, 1.54) is 0 Å². The van der Waals surface area contributed by atoms with E-state index >= 15 is 0 Å². The first-order valence-electron chi connectivity index (χ1n) is 5.03. The standard InChI is InChI=1S/C11H14N4O/c1-7-13-9-4-3-8(5-10(9)14-7)6-11(16)15(2)12/h3-5H,6,12H2,1-2H3,(H,13,14). The summed E-state index contributed by atoms with van der Waals surface area (Å²) in [6, 6.07) is 5.72. The Morgan fingerprint density at radius 1 is 1.56 bits per heavy atom. The summed E-state index contributed by atoms with van der Waals surface area (Å²) < 4.78 is 0. The highest BCUT2D eigenvalue weighted by Crippen LogP contribution is 2.14. The minimum absolute atomic E-state index is 0.115. The first kappa shape index (κ1) is 10.6. The molecule has 0 radical (unpaired) electrons. The van der Waals surface area contributed by atoms with Crippen LogP contribution in [-0.2, 0) is 11.2 Å². The Hall–Kier alpha value is -1.88. The average Bonchev–Trinajstić information content (AvgIpc) is 2.57. The van der Waals surface area contributed by atoms with Crippen LogP contribution in [-0.4, -0.2) is 27.9 Å². The Labute approximate surface area is 93.2 Å². The molecular formula is C11H14N4O. The van der Waals surface area contributed by atoms with E-state index in [4.69, 9.17) is 5.84 Å². The van der Waals surface area contributed by atoms with Crippen molar-refractivity contribution in [3.05, 3.63) is 29.6 Å². The lowest BCUT2D eigenvalue weighted by molar-refractivity contribution is -0.129.